The molecule has 3 nitrogen and oxygen atoms in total. The van der Waals surface area contributed by atoms with Gasteiger partial charge in [0.1, 0.15) is 5.82 Å². The van der Waals surface area contributed by atoms with Crippen molar-refractivity contribution in [1.29, 1.82) is 0 Å². The van der Waals surface area contributed by atoms with E-state index in [4.69, 9.17) is 0 Å². The van der Waals surface area contributed by atoms with E-state index in [1.165, 1.54) is 6.07 Å². The summed E-state index contributed by atoms with van der Waals surface area (Å²) < 4.78 is 13.6. The van der Waals surface area contributed by atoms with Crippen LogP contribution in [0.4, 0.5) is 20.6 Å². The minimum absolute atomic E-state index is 0.209. The molecular weight excluding hydrogens is 255 g/mol. The van der Waals surface area contributed by atoms with Crippen molar-refractivity contribution in [2.24, 2.45) is 0 Å². The monoisotopic (exact) mass is 270 g/mol. The first-order valence-electron chi connectivity index (χ1n) is 6.66. The molecule has 0 unspecified atom stereocenters. The van der Waals surface area contributed by atoms with Crippen LogP contribution in [0.1, 0.15) is 12.0 Å². The molecule has 0 radical (unpaired) electrons. The second-order valence-electron chi connectivity index (χ2n) is 4.79. The van der Waals surface area contributed by atoms with E-state index in [0.717, 1.165) is 24.1 Å². The van der Waals surface area contributed by atoms with Gasteiger partial charge in [0.05, 0.1) is 5.69 Å². The fourth-order valence-electron chi connectivity index (χ4n) is 2.49. The van der Waals surface area contributed by atoms with E-state index >= 15 is 0 Å². The van der Waals surface area contributed by atoms with Crippen LogP contribution < -0.4 is 10.2 Å². The molecule has 2 amide bonds. The highest BCUT2D eigenvalue weighted by Gasteiger charge is 2.22. The third-order valence-electron chi connectivity index (χ3n) is 3.47. The number of carbonyl (C=O) groups is 1. The normalized spacial score (nSPS) is 13.8. The zero-order valence-electron chi connectivity index (χ0n) is 11.0. The van der Waals surface area contributed by atoms with E-state index < -0.39 is 5.82 Å². The van der Waals surface area contributed by atoms with Gasteiger partial charge in [0, 0.05) is 12.2 Å². The molecule has 102 valence electrons. The molecule has 0 saturated carbocycles. The molecule has 1 aliphatic rings. The van der Waals surface area contributed by atoms with Gasteiger partial charge in [-0.05, 0) is 36.6 Å². The number of para-hydroxylation sites is 2. The van der Waals surface area contributed by atoms with Gasteiger partial charge in [-0.2, -0.15) is 0 Å². The van der Waals surface area contributed by atoms with Gasteiger partial charge in [0.25, 0.3) is 0 Å². The summed E-state index contributed by atoms with van der Waals surface area (Å²) in [6, 6.07) is 13.7. The Morgan fingerprint density at radius 1 is 1.10 bits per heavy atom. The number of urea groups is 1. The molecule has 0 bridgehead atoms. The number of amides is 2. The fourth-order valence-corrected chi connectivity index (χ4v) is 2.49. The van der Waals surface area contributed by atoms with Crippen molar-refractivity contribution < 1.29 is 9.18 Å². The van der Waals surface area contributed by atoms with Crippen molar-refractivity contribution in [3.63, 3.8) is 0 Å². The zero-order chi connectivity index (χ0) is 13.9. The number of carbonyl (C=O) groups excluding carboxylic acids is 1. The highest BCUT2D eigenvalue weighted by atomic mass is 19.1. The fraction of sp³-hybridized carbons (Fsp3) is 0.188. The van der Waals surface area contributed by atoms with E-state index in [9.17, 15) is 9.18 Å². The molecule has 1 aliphatic heterocycles. The lowest BCUT2D eigenvalue weighted by molar-refractivity contribution is 0.256. The summed E-state index contributed by atoms with van der Waals surface area (Å²) in [5, 5.41) is 2.63. The number of aryl methyl sites for hydroxylation is 1. The molecule has 2 aromatic carbocycles. The molecule has 0 spiro atoms. The Morgan fingerprint density at radius 2 is 1.85 bits per heavy atom. The van der Waals surface area contributed by atoms with Gasteiger partial charge < -0.3 is 5.32 Å². The first-order valence-corrected chi connectivity index (χ1v) is 6.66. The molecule has 0 aliphatic carbocycles. The maximum absolute atomic E-state index is 13.6. The van der Waals surface area contributed by atoms with Crippen LogP contribution in [0.3, 0.4) is 0 Å². The molecule has 4 heteroatoms. The number of halogens is 1. The summed E-state index contributed by atoms with van der Waals surface area (Å²) >= 11 is 0. The van der Waals surface area contributed by atoms with Crippen LogP contribution in [0.15, 0.2) is 48.5 Å². The Hall–Kier alpha value is -2.36. The van der Waals surface area contributed by atoms with Crippen molar-refractivity contribution in [3.8, 4) is 0 Å². The lowest BCUT2D eigenvalue weighted by Crippen LogP contribution is -2.38. The van der Waals surface area contributed by atoms with Gasteiger partial charge in [-0.15, -0.1) is 0 Å². The Morgan fingerprint density at radius 3 is 2.70 bits per heavy atom. The summed E-state index contributed by atoms with van der Waals surface area (Å²) in [6.07, 6.45) is 1.89. The van der Waals surface area contributed by atoms with E-state index in [2.05, 4.69) is 5.32 Å². The van der Waals surface area contributed by atoms with Crippen LogP contribution in [0.5, 0.6) is 0 Å². The van der Waals surface area contributed by atoms with Crippen LogP contribution in [0.2, 0.25) is 0 Å². The largest absolute Gasteiger partial charge is 0.326 e. The van der Waals surface area contributed by atoms with Crippen LogP contribution in [0.25, 0.3) is 0 Å². The Bertz CT molecular complexity index is 642. The molecule has 1 N–H and O–H groups in total. The number of anilines is 2. The number of fused-ring (bicyclic) bond motifs is 1. The van der Waals surface area contributed by atoms with Crippen LogP contribution in [0, 0.1) is 5.82 Å². The topological polar surface area (TPSA) is 32.3 Å². The summed E-state index contributed by atoms with van der Waals surface area (Å²) in [5.41, 5.74) is 2.27. The van der Waals surface area contributed by atoms with E-state index in [1.54, 1.807) is 23.1 Å². The first kappa shape index (κ1) is 12.7. The van der Waals surface area contributed by atoms with Crippen LogP contribution >= 0.6 is 0 Å². The molecule has 20 heavy (non-hydrogen) atoms. The molecule has 2 aromatic rings. The quantitative estimate of drug-likeness (QED) is 0.839. The summed E-state index contributed by atoms with van der Waals surface area (Å²) in [7, 11) is 0. The number of benzene rings is 2. The Balaban J connectivity index is 1.84. The third kappa shape index (κ3) is 2.37. The van der Waals surface area contributed by atoms with Gasteiger partial charge in [-0.3, -0.25) is 4.90 Å². The second-order valence-corrected chi connectivity index (χ2v) is 4.79. The zero-order valence-corrected chi connectivity index (χ0v) is 11.0. The summed E-state index contributed by atoms with van der Waals surface area (Å²) in [6.45, 7) is 0.650. The van der Waals surface area contributed by atoms with Crippen molar-refractivity contribution in [1.82, 2.24) is 0 Å². The number of hydrogen-bond acceptors (Lipinski definition) is 1. The smallest absolute Gasteiger partial charge is 0.305 e. The van der Waals surface area contributed by atoms with Crippen LogP contribution in [-0.2, 0) is 6.42 Å². The highest BCUT2D eigenvalue weighted by Crippen LogP contribution is 2.27. The predicted octanol–water partition coefficient (Wildman–Crippen LogP) is 3.81. The van der Waals surface area contributed by atoms with Crippen molar-refractivity contribution in [3.05, 3.63) is 59.9 Å². The minimum atomic E-state index is -0.425. The van der Waals surface area contributed by atoms with Crippen molar-refractivity contribution >= 4 is 17.4 Å². The minimum Gasteiger partial charge on any atom is -0.305 e. The van der Waals surface area contributed by atoms with Gasteiger partial charge in [-0.25, -0.2) is 9.18 Å². The van der Waals surface area contributed by atoms with Gasteiger partial charge >= 0.3 is 6.03 Å². The average Bonchev–Trinajstić information content (AvgIpc) is 2.49. The molecule has 0 saturated heterocycles. The van der Waals surface area contributed by atoms with E-state index in [0.29, 0.717) is 6.54 Å². The lowest BCUT2D eigenvalue weighted by atomic mass is 10.0. The standard InChI is InChI=1S/C16H15FN2O/c17-13-8-2-3-9-14(13)18-16(20)19-11-5-7-12-6-1-4-10-15(12)19/h1-4,6,8-10H,5,7,11H2,(H,18,20). The molecule has 0 aromatic heterocycles. The number of nitrogens with zero attached hydrogens (tertiary/aromatic N) is 1. The maximum atomic E-state index is 13.6. The molecule has 1 heterocycles. The van der Waals surface area contributed by atoms with E-state index in [1.807, 2.05) is 24.3 Å². The van der Waals surface area contributed by atoms with Gasteiger partial charge in [0.2, 0.25) is 0 Å². The Labute approximate surface area is 117 Å². The Kier molecular flexibility index (Phi) is 3.37. The summed E-state index contributed by atoms with van der Waals surface area (Å²) in [5.74, 6) is -0.425. The SMILES string of the molecule is O=C(Nc1ccccc1F)N1CCCc2ccccc21. The molecular formula is C16H15FN2O. The van der Waals surface area contributed by atoms with Crippen LogP contribution in [-0.4, -0.2) is 12.6 Å². The van der Waals surface area contributed by atoms with Crippen molar-refractivity contribution in [2.45, 2.75) is 12.8 Å². The number of hydrogen-bond donors (Lipinski definition) is 1. The molecule has 3 rings (SSSR count). The molecule has 0 atom stereocenters. The lowest BCUT2D eigenvalue weighted by Gasteiger charge is -2.29. The summed E-state index contributed by atoms with van der Waals surface area (Å²) in [4.78, 5) is 14.0. The third-order valence-corrected chi connectivity index (χ3v) is 3.47. The van der Waals surface area contributed by atoms with Crippen molar-refractivity contribution in [2.75, 3.05) is 16.8 Å². The van der Waals surface area contributed by atoms with Gasteiger partial charge in [0.15, 0.2) is 0 Å². The second kappa shape index (κ2) is 5.33. The highest BCUT2D eigenvalue weighted by molar-refractivity contribution is 6.02. The predicted molar refractivity (Wildman–Crippen MR) is 77.5 cm³/mol. The molecule has 0 fully saturated rings. The maximum Gasteiger partial charge on any atom is 0.326 e. The first-order chi connectivity index (χ1) is 9.75. The van der Waals surface area contributed by atoms with E-state index in [-0.39, 0.29) is 11.7 Å². The number of rotatable bonds is 1. The number of nitrogens with one attached hydrogen (secondary N) is 1. The average molecular weight is 270 g/mol. The van der Waals surface area contributed by atoms with Gasteiger partial charge in [-0.1, -0.05) is 30.3 Å².